The summed E-state index contributed by atoms with van der Waals surface area (Å²) in [6.07, 6.45) is -0.426. The molecule has 2 aromatic rings. The predicted octanol–water partition coefficient (Wildman–Crippen LogP) is 3.36. The second-order valence-corrected chi connectivity index (χ2v) is 5.26. The summed E-state index contributed by atoms with van der Waals surface area (Å²) in [5.41, 5.74) is 0.659. The molecule has 1 amide bonds. The van der Waals surface area contributed by atoms with Crippen molar-refractivity contribution in [2.75, 3.05) is 20.3 Å². The summed E-state index contributed by atoms with van der Waals surface area (Å²) in [7, 11) is 1.51. The summed E-state index contributed by atoms with van der Waals surface area (Å²) in [6, 6.07) is 12.8. The minimum atomic E-state index is -0.426. The van der Waals surface area contributed by atoms with Crippen LogP contribution in [-0.4, -0.2) is 26.2 Å². The van der Waals surface area contributed by atoms with E-state index in [9.17, 15) is 9.18 Å². The third-order valence-electron chi connectivity index (χ3n) is 3.17. The molecule has 0 saturated heterocycles. The van der Waals surface area contributed by atoms with Crippen LogP contribution in [0.5, 0.6) is 5.75 Å². The van der Waals surface area contributed by atoms with Crippen LogP contribution in [-0.2, 0) is 9.53 Å². The zero-order chi connectivity index (χ0) is 16.7. The fraction of sp³-hybridized carbons (Fsp3) is 0.235. The second kappa shape index (κ2) is 8.50. The van der Waals surface area contributed by atoms with Crippen molar-refractivity contribution in [1.82, 2.24) is 5.32 Å². The van der Waals surface area contributed by atoms with Crippen LogP contribution in [0, 0.1) is 5.82 Å². The second-order valence-electron chi connectivity index (χ2n) is 4.83. The van der Waals surface area contributed by atoms with Gasteiger partial charge in [-0.2, -0.15) is 0 Å². The standard InChI is InChI=1S/C17H17ClFNO3/c1-22-16(12-3-2-4-14(19)9-12)10-20-17(21)11-23-15-7-5-13(18)6-8-15/h2-9,16H,10-11H2,1H3,(H,20,21)/t16-/m0/s1. The number of carbonyl (C=O) groups is 1. The van der Waals surface area contributed by atoms with E-state index in [1.165, 1.54) is 19.2 Å². The molecule has 23 heavy (non-hydrogen) atoms. The normalized spacial score (nSPS) is 11.8. The van der Waals surface area contributed by atoms with Crippen LogP contribution >= 0.6 is 11.6 Å². The van der Waals surface area contributed by atoms with Crippen LogP contribution in [0.1, 0.15) is 11.7 Å². The van der Waals surface area contributed by atoms with Gasteiger partial charge in [-0.15, -0.1) is 0 Å². The summed E-state index contributed by atoms with van der Waals surface area (Å²) < 4.78 is 23.9. The number of halogens is 2. The van der Waals surface area contributed by atoms with Gasteiger partial charge >= 0.3 is 0 Å². The highest BCUT2D eigenvalue weighted by molar-refractivity contribution is 6.30. The summed E-state index contributed by atoms with van der Waals surface area (Å²) in [6.45, 7) is 0.101. The maximum atomic E-state index is 13.2. The monoisotopic (exact) mass is 337 g/mol. The van der Waals surface area contributed by atoms with E-state index < -0.39 is 6.10 Å². The van der Waals surface area contributed by atoms with Crippen molar-refractivity contribution in [3.63, 3.8) is 0 Å². The Morgan fingerprint density at radius 1 is 1.26 bits per heavy atom. The molecule has 0 bridgehead atoms. The Hall–Kier alpha value is -2.11. The molecule has 0 saturated carbocycles. The smallest absolute Gasteiger partial charge is 0.258 e. The van der Waals surface area contributed by atoms with E-state index in [0.29, 0.717) is 16.3 Å². The lowest BCUT2D eigenvalue weighted by molar-refractivity contribution is -0.123. The number of nitrogens with one attached hydrogen (secondary N) is 1. The summed E-state index contributed by atoms with van der Waals surface area (Å²) >= 11 is 5.77. The topological polar surface area (TPSA) is 47.6 Å². The molecule has 2 aromatic carbocycles. The van der Waals surface area contributed by atoms with Gasteiger partial charge in [-0.3, -0.25) is 4.79 Å². The maximum absolute atomic E-state index is 13.2. The zero-order valence-electron chi connectivity index (χ0n) is 12.6. The predicted molar refractivity (Wildman–Crippen MR) is 86.1 cm³/mol. The molecule has 4 nitrogen and oxygen atoms in total. The SMILES string of the molecule is CO[C@@H](CNC(=O)COc1ccc(Cl)cc1)c1cccc(F)c1. The average molecular weight is 338 g/mol. The Kier molecular flexibility index (Phi) is 6.38. The Labute approximate surface area is 139 Å². The average Bonchev–Trinajstić information content (AvgIpc) is 2.55. The van der Waals surface area contributed by atoms with Gasteiger partial charge in [0, 0.05) is 18.7 Å². The molecule has 0 spiro atoms. The first-order valence-electron chi connectivity index (χ1n) is 7.02. The number of benzene rings is 2. The fourth-order valence-electron chi connectivity index (χ4n) is 1.98. The Morgan fingerprint density at radius 3 is 2.65 bits per heavy atom. The van der Waals surface area contributed by atoms with Crippen LogP contribution < -0.4 is 10.1 Å². The molecule has 1 atom stereocenters. The molecule has 0 heterocycles. The number of hydrogen-bond donors (Lipinski definition) is 1. The van der Waals surface area contributed by atoms with Gasteiger partial charge in [-0.05, 0) is 42.0 Å². The van der Waals surface area contributed by atoms with Crippen molar-refractivity contribution in [2.24, 2.45) is 0 Å². The summed E-state index contributed by atoms with van der Waals surface area (Å²) in [5, 5.41) is 3.29. The van der Waals surface area contributed by atoms with E-state index in [1.807, 2.05) is 0 Å². The van der Waals surface area contributed by atoms with E-state index >= 15 is 0 Å². The number of ether oxygens (including phenoxy) is 2. The fourth-order valence-corrected chi connectivity index (χ4v) is 2.11. The first-order valence-corrected chi connectivity index (χ1v) is 7.39. The first kappa shape index (κ1) is 17.2. The van der Waals surface area contributed by atoms with Crippen molar-refractivity contribution in [3.05, 3.63) is 64.9 Å². The molecular weight excluding hydrogens is 321 g/mol. The lowest BCUT2D eigenvalue weighted by atomic mass is 10.1. The van der Waals surface area contributed by atoms with Gasteiger partial charge < -0.3 is 14.8 Å². The van der Waals surface area contributed by atoms with Crippen LogP contribution in [0.2, 0.25) is 5.02 Å². The minimum Gasteiger partial charge on any atom is -0.484 e. The van der Waals surface area contributed by atoms with Crippen LogP contribution in [0.25, 0.3) is 0 Å². The molecule has 2 rings (SSSR count). The highest BCUT2D eigenvalue weighted by Crippen LogP contribution is 2.17. The summed E-state index contributed by atoms with van der Waals surface area (Å²) in [5.74, 6) is -0.0849. The molecule has 0 aliphatic carbocycles. The molecule has 122 valence electrons. The Morgan fingerprint density at radius 2 is 2.00 bits per heavy atom. The number of hydrogen-bond acceptors (Lipinski definition) is 3. The molecule has 0 aliphatic rings. The highest BCUT2D eigenvalue weighted by Gasteiger charge is 2.13. The van der Waals surface area contributed by atoms with Crippen molar-refractivity contribution in [2.45, 2.75) is 6.10 Å². The Balaban J connectivity index is 1.81. The summed E-state index contributed by atoms with van der Waals surface area (Å²) in [4.78, 5) is 11.8. The lowest BCUT2D eigenvalue weighted by Gasteiger charge is -2.16. The number of carbonyl (C=O) groups excluding carboxylic acids is 1. The van der Waals surface area contributed by atoms with Gasteiger partial charge in [-0.25, -0.2) is 4.39 Å². The van der Waals surface area contributed by atoms with Crippen molar-refractivity contribution >= 4 is 17.5 Å². The van der Waals surface area contributed by atoms with Crippen LogP contribution in [0.15, 0.2) is 48.5 Å². The lowest BCUT2D eigenvalue weighted by Crippen LogP contribution is -2.33. The highest BCUT2D eigenvalue weighted by atomic mass is 35.5. The van der Waals surface area contributed by atoms with Crippen LogP contribution in [0.3, 0.4) is 0 Å². The van der Waals surface area contributed by atoms with E-state index in [-0.39, 0.29) is 24.9 Å². The molecule has 0 radical (unpaired) electrons. The first-order chi connectivity index (χ1) is 11.1. The number of methoxy groups -OCH3 is 1. The number of rotatable bonds is 7. The molecular formula is C17H17ClFNO3. The van der Waals surface area contributed by atoms with E-state index in [2.05, 4.69) is 5.32 Å². The van der Waals surface area contributed by atoms with Crippen LogP contribution in [0.4, 0.5) is 4.39 Å². The van der Waals surface area contributed by atoms with E-state index in [4.69, 9.17) is 21.1 Å². The molecule has 0 aliphatic heterocycles. The third-order valence-corrected chi connectivity index (χ3v) is 3.43. The van der Waals surface area contributed by atoms with Crippen molar-refractivity contribution in [3.8, 4) is 5.75 Å². The molecule has 6 heteroatoms. The van der Waals surface area contributed by atoms with Gasteiger partial charge in [0.15, 0.2) is 6.61 Å². The zero-order valence-corrected chi connectivity index (χ0v) is 13.3. The van der Waals surface area contributed by atoms with Crippen molar-refractivity contribution in [1.29, 1.82) is 0 Å². The molecule has 0 fully saturated rings. The van der Waals surface area contributed by atoms with E-state index in [1.54, 1.807) is 36.4 Å². The number of amides is 1. The molecule has 0 aromatic heterocycles. The largest absolute Gasteiger partial charge is 0.484 e. The quantitative estimate of drug-likeness (QED) is 0.842. The van der Waals surface area contributed by atoms with Crippen molar-refractivity contribution < 1.29 is 18.7 Å². The molecule has 1 N–H and O–H groups in total. The van der Waals surface area contributed by atoms with Gasteiger partial charge in [0.1, 0.15) is 11.6 Å². The molecule has 0 unspecified atom stereocenters. The third kappa shape index (κ3) is 5.54. The van der Waals surface area contributed by atoms with E-state index in [0.717, 1.165) is 0 Å². The van der Waals surface area contributed by atoms with Gasteiger partial charge in [-0.1, -0.05) is 23.7 Å². The van der Waals surface area contributed by atoms with Gasteiger partial charge in [0.25, 0.3) is 5.91 Å². The Bertz CT molecular complexity index is 649. The maximum Gasteiger partial charge on any atom is 0.258 e. The van der Waals surface area contributed by atoms with Gasteiger partial charge in [0.2, 0.25) is 0 Å². The van der Waals surface area contributed by atoms with Gasteiger partial charge in [0.05, 0.1) is 6.10 Å². The minimum absolute atomic E-state index is 0.124.